The first-order valence-electron chi connectivity index (χ1n) is 7.38. The molecule has 3 aromatic rings. The molecule has 3 rings (SSSR count). The first kappa shape index (κ1) is 17.8. The molecule has 0 radical (unpaired) electrons. The van der Waals surface area contributed by atoms with Gasteiger partial charge in [0.2, 0.25) is 11.1 Å². The number of halogens is 2. The number of aromatic nitrogens is 3. The number of nitrogens with one attached hydrogen (secondary N) is 2. The number of anilines is 1. The quantitative estimate of drug-likeness (QED) is 0.610. The molecule has 0 aliphatic rings. The monoisotopic (exact) mass is 392 g/mol. The maximum atomic E-state index is 12.0. The van der Waals surface area contributed by atoms with E-state index < -0.39 is 0 Å². The normalized spacial score (nSPS) is 10.7. The number of rotatable bonds is 5. The summed E-state index contributed by atoms with van der Waals surface area (Å²) >= 11 is 13.0. The minimum absolute atomic E-state index is 0.176. The minimum atomic E-state index is -0.176. The molecule has 0 unspecified atom stereocenters. The highest BCUT2D eigenvalue weighted by Gasteiger charge is 2.10. The number of aryl methyl sites for hydroxylation is 1. The number of hydrogen-bond donors (Lipinski definition) is 2. The summed E-state index contributed by atoms with van der Waals surface area (Å²) in [5, 5.41) is 11.1. The van der Waals surface area contributed by atoms with Crippen LogP contribution in [0, 0.1) is 6.92 Å². The zero-order chi connectivity index (χ0) is 17.8. The Morgan fingerprint density at radius 3 is 2.80 bits per heavy atom. The van der Waals surface area contributed by atoms with Gasteiger partial charge in [0.25, 0.3) is 0 Å². The highest BCUT2D eigenvalue weighted by molar-refractivity contribution is 7.99. The van der Waals surface area contributed by atoms with Gasteiger partial charge in [0, 0.05) is 11.3 Å². The van der Waals surface area contributed by atoms with E-state index in [1.54, 1.807) is 18.2 Å². The Morgan fingerprint density at radius 1 is 1.20 bits per heavy atom. The van der Waals surface area contributed by atoms with Gasteiger partial charge in [-0.15, -0.1) is 5.10 Å². The number of carbonyl (C=O) groups is 1. The predicted octanol–water partition coefficient (Wildman–Crippen LogP) is 4.82. The van der Waals surface area contributed by atoms with Crippen LogP contribution in [-0.4, -0.2) is 26.8 Å². The maximum absolute atomic E-state index is 12.0. The summed E-state index contributed by atoms with van der Waals surface area (Å²) in [6, 6.07) is 12.9. The number of thioether (sulfide) groups is 1. The van der Waals surface area contributed by atoms with Gasteiger partial charge in [0.05, 0.1) is 15.8 Å². The van der Waals surface area contributed by atoms with Crippen molar-refractivity contribution >= 4 is 46.6 Å². The molecule has 5 nitrogen and oxygen atoms in total. The Morgan fingerprint density at radius 2 is 2.04 bits per heavy atom. The van der Waals surface area contributed by atoms with Crippen molar-refractivity contribution in [1.29, 1.82) is 0 Å². The number of H-pyrrole nitrogens is 1. The highest BCUT2D eigenvalue weighted by atomic mass is 35.5. The Labute approximate surface area is 159 Å². The largest absolute Gasteiger partial charge is 0.325 e. The molecule has 0 atom stereocenters. The molecular formula is C17H14Cl2N4OS. The van der Waals surface area contributed by atoms with Gasteiger partial charge in [-0.05, 0) is 31.2 Å². The summed E-state index contributed by atoms with van der Waals surface area (Å²) in [5.74, 6) is 0.687. The molecule has 25 heavy (non-hydrogen) atoms. The van der Waals surface area contributed by atoms with Crippen LogP contribution in [0.2, 0.25) is 10.0 Å². The lowest BCUT2D eigenvalue weighted by Gasteiger charge is -2.05. The van der Waals surface area contributed by atoms with Gasteiger partial charge < -0.3 is 5.32 Å². The van der Waals surface area contributed by atoms with Crippen LogP contribution in [0.4, 0.5) is 5.69 Å². The van der Waals surface area contributed by atoms with E-state index in [0.29, 0.717) is 26.7 Å². The number of carbonyl (C=O) groups excluding carboxylic acids is 1. The first-order valence-corrected chi connectivity index (χ1v) is 9.12. The number of benzene rings is 2. The topological polar surface area (TPSA) is 70.7 Å². The van der Waals surface area contributed by atoms with Crippen LogP contribution < -0.4 is 5.32 Å². The SMILES string of the molecule is Cc1cccc(-c2nc(SCC(=O)Nc3ccc(Cl)c(Cl)c3)n[nH]2)c1. The van der Waals surface area contributed by atoms with E-state index in [0.717, 1.165) is 11.1 Å². The predicted molar refractivity (Wildman–Crippen MR) is 102 cm³/mol. The molecular weight excluding hydrogens is 379 g/mol. The smallest absolute Gasteiger partial charge is 0.234 e. The third-order valence-electron chi connectivity index (χ3n) is 3.29. The fourth-order valence-electron chi connectivity index (χ4n) is 2.13. The van der Waals surface area contributed by atoms with Crippen LogP contribution in [0.3, 0.4) is 0 Å². The van der Waals surface area contributed by atoms with Crippen molar-refractivity contribution in [2.45, 2.75) is 12.1 Å². The van der Waals surface area contributed by atoms with Crippen LogP contribution in [0.25, 0.3) is 11.4 Å². The molecule has 128 valence electrons. The molecule has 0 aliphatic heterocycles. The van der Waals surface area contributed by atoms with Gasteiger partial charge in [0.1, 0.15) is 0 Å². The van der Waals surface area contributed by atoms with Crippen LogP contribution in [0.5, 0.6) is 0 Å². The first-order chi connectivity index (χ1) is 12.0. The van der Waals surface area contributed by atoms with Crippen molar-refractivity contribution in [3.63, 3.8) is 0 Å². The summed E-state index contributed by atoms with van der Waals surface area (Å²) in [4.78, 5) is 16.4. The van der Waals surface area contributed by atoms with Crippen molar-refractivity contribution in [2.24, 2.45) is 0 Å². The van der Waals surface area contributed by atoms with Crippen LogP contribution in [0.15, 0.2) is 47.6 Å². The lowest BCUT2D eigenvalue weighted by Crippen LogP contribution is -2.14. The van der Waals surface area contributed by atoms with Gasteiger partial charge in [0.15, 0.2) is 5.82 Å². The molecule has 0 saturated carbocycles. The summed E-state index contributed by atoms with van der Waals surface area (Å²) in [6.07, 6.45) is 0. The van der Waals surface area contributed by atoms with Gasteiger partial charge in [-0.2, -0.15) is 0 Å². The Hall–Kier alpha value is -2.02. The van der Waals surface area contributed by atoms with E-state index in [4.69, 9.17) is 23.2 Å². The number of nitrogens with zero attached hydrogens (tertiary/aromatic N) is 2. The van der Waals surface area contributed by atoms with Crippen LogP contribution >= 0.6 is 35.0 Å². The number of hydrogen-bond acceptors (Lipinski definition) is 4. The molecule has 0 spiro atoms. The van der Waals surface area contributed by atoms with E-state index >= 15 is 0 Å². The zero-order valence-electron chi connectivity index (χ0n) is 13.2. The van der Waals surface area contributed by atoms with E-state index in [1.807, 2.05) is 31.2 Å². The fraction of sp³-hybridized carbons (Fsp3) is 0.118. The maximum Gasteiger partial charge on any atom is 0.234 e. The molecule has 2 aromatic carbocycles. The standard InChI is InChI=1S/C17H14Cl2N4OS/c1-10-3-2-4-11(7-10)16-21-17(23-22-16)25-9-15(24)20-12-5-6-13(18)14(19)8-12/h2-8H,9H2,1H3,(H,20,24)(H,21,22,23). The lowest BCUT2D eigenvalue weighted by atomic mass is 10.1. The highest BCUT2D eigenvalue weighted by Crippen LogP contribution is 2.25. The summed E-state index contributed by atoms with van der Waals surface area (Å²) in [6.45, 7) is 2.02. The Bertz CT molecular complexity index is 913. The minimum Gasteiger partial charge on any atom is -0.325 e. The fourth-order valence-corrected chi connectivity index (χ4v) is 3.03. The van der Waals surface area contributed by atoms with Crippen LogP contribution in [-0.2, 0) is 4.79 Å². The summed E-state index contributed by atoms with van der Waals surface area (Å²) in [7, 11) is 0. The van der Waals surface area contributed by atoms with E-state index in [-0.39, 0.29) is 11.7 Å². The summed E-state index contributed by atoms with van der Waals surface area (Å²) in [5.41, 5.74) is 2.69. The van der Waals surface area contributed by atoms with Gasteiger partial charge in [-0.1, -0.05) is 58.7 Å². The van der Waals surface area contributed by atoms with Crippen LogP contribution in [0.1, 0.15) is 5.56 Å². The lowest BCUT2D eigenvalue weighted by molar-refractivity contribution is -0.113. The number of aromatic amines is 1. The van der Waals surface area contributed by atoms with Crippen molar-refractivity contribution in [2.75, 3.05) is 11.1 Å². The Kier molecular flexibility index (Phi) is 5.63. The van der Waals surface area contributed by atoms with Gasteiger partial charge in [-0.3, -0.25) is 9.89 Å². The molecule has 1 amide bonds. The van der Waals surface area contributed by atoms with Crippen molar-refractivity contribution in [3.05, 3.63) is 58.1 Å². The third-order valence-corrected chi connectivity index (χ3v) is 4.88. The van der Waals surface area contributed by atoms with Crippen molar-refractivity contribution in [3.8, 4) is 11.4 Å². The molecule has 0 bridgehead atoms. The molecule has 0 saturated heterocycles. The van der Waals surface area contributed by atoms with E-state index in [1.165, 1.54) is 11.8 Å². The van der Waals surface area contributed by atoms with Gasteiger partial charge >= 0.3 is 0 Å². The molecule has 2 N–H and O–H groups in total. The third kappa shape index (κ3) is 4.75. The molecule has 0 fully saturated rings. The average Bonchev–Trinajstić information content (AvgIpc) is 3.05. The molecule has 0 aliphatic carbocycles. The second-order valence-electron chi connectivity index (χ2n) is 5.30. The van der Waals surface area contributed by atoms with Gasteiger partial charge in [-0.25, -0.2) is 4.98 Å². The summed E-state index contributed by atoms with van der Waals surface area (Å²) < 4.78 is 0. The van der Waals surface area contributed by atoms with Crippen molar-refractivity contribution in [1.82, 2.24) is 15.2 Å². The molecule has 1 aromatic heterocycles. The van der Waals surface area contributed by atoms with E-state index in [2.05, 4.69) is 20.5 Å². The average molecular weight is 393 g/mol. The second kappa shape index (κ2) is 7.91. The second-order valence-corrected chi connectivity index (χ2v) is 7.06. The molecule has 1 heterocycles. The van der Waals surface area contributed by atoms with Crippen molar-refractivity contribution < 1.29 is 4.79 Å². The zero-order valence-corrected chi connectivity index (χ0v) is 15.5. The molecule has 8 heteroatoms. The Balaban J connectivity index is 1.58. The van der Waals surface area contributed by atoms with E-state index in [9.17, 15) is 4.79 Å². The number of amides is 1.